The first kappa shape index (κ1) is 13.0. The topological polar surface area (TPSA) is 69.6 Å². The van der Waals surface area contributed by atoms with Gasteiger partial charge in [-0.3, -0.25) is 0 Å². The summed E-state index contributed by atoms with van der Waals surface area (Å²) in [5, 5.41) is 20.8. The van der Waals surface area contributed by atoms with Crippen molar-refractivity contribution in [2.75, 3.05) is 13.2 Å². The molecule has 1 rings (SSSR count). The Morgan fingerprint density at radius 1 is 1.56 bits per heavy atom. The quantitative estimate of drug-likeness (QED) is 0.709. The molecule has 1 heterocycles. The lowest BCUT2D eigenvalue weighted by Gasteiger charge is -2.13. The Labute approximate surface area is 94.5 Å². The van der Waals surface area contributed by atoms with E-state index in [0.717, 1.165) is 0 Å². The Bertz CT molecular complexity index is 367. The van der Waals surface area contributed by atoms with Crippen molar-refractivity contribution in [3.8, 4) is 0 Å². The first-order valence-corrected chi connectivity index (χ1v) is 5.33. The molecule has 0 aliphatic rings. The number of hydrogen-bond donors (Lipinski definition) is 3. The lowest BCUT2D eigenvalue weighted by Crippen LogP contribution is -2.35. The average molecular weight is 251 g/mol. The van der Waals surface area contributed by atoms with E-state index in [-0.39, 0.29) is 12.1 Å². The number of halogens is 2. The van der Waals surface area contributed by atoms with Crippen LogP contribution in [0.5, 0.6) is 0 Å². The van der Waals surface area contributed by atoms with Crippen molar-refractivity contribution in [3.05, 3.63) is 21.9 Å². The second-order valence-corrected chi connectivity index (χ2v) is 4.22. The maximum atomic E-state index is 12.6. The molecular weight excluding hydrogens is 240 g/mol. The minimum absolute atomic E-state index is 0.149. The Hall–Kier alpha value is -1.05. The Morgan fingerprint density at radius 2 is 2.25 bits per heavy atom. The van der Waals surface area contributed by atoms with Crippen molar-refractivity contribution in [1.82, 2.24) is 5.32 Å². The molecular formula is C9H11F2NO3S. The predicted octanol–water partition coefficient (Wildman–Crippen LogP) is 1.16. The van der Waals surface area contributed by atoms with Gasteiger partial charge in [-0.05, 0) is 6.07 Å². The van der Waals surface area contributed by atoms with Crippen LogP contribution in [0.2, 0.25) is 0 Å². The van der Waals surface area contributed by atoms with Crippen LogP contribution in [0.15, 0.2) is 11.4 Å². The van der Waals surface area contributed by atoms with Crippen LogP contribution in [-0.2, 0) is 6.54 Å². The van der Waals surface area contributed by atoms with E-state index in [1.54, 1.807) is 0 Å². The number of aliphatic hydroxyl groups is 1. The normalized spacial score (nSPS) is 11.7. The van der Waals surface area contributed by atoms with E-state index in [0.29, 0.717) is 4.88 Å². The second kappa shape index (κ2) is 5.33. The lowest BCUT2D eigenvalue weighted by atomic mass is 10.3. The number of hydrogen-bond acceptors (Lipinski definition) is 4. The molecule has 0 aliphatic heterocycles. The van der Waals surface area contributed by atoms with Crippen LogP contribution in [-0.4, -0.2) is 35.3 Å². The molecule has 1 aromatic rings. The fourth-order valence-electron chi connectivity index (χ4n) is 1.01. The summed E-state index contributed by atoms with van der Waals surface area (Å²) in [5.41, 5.74) is 0.149. The van der Waals surface area contributed by atoms with Crippen LogP contribution >= 0.6 is 11.3 Å². The Morgan fingerprint density at radius 3 is 2.75 bits per heavy atom. The van der Waals surface area contributed by atoms with E-state index in [9.17, 15) is 13.6 Å². The highest BCUT2D eigenvalue weighted by Gasteiger charge is 2.26. The van der Waals surface area contributed by atoms with Gasteiger partial charge in [0.1, 0.15) is 6.61 Å². The summed E-state index contributed by atoms with van der Waals surface area (Å²) in [6.07, 6.45) is 0. The van der Waals surface area contributed by atoms with Crippen LogP contribution in [0.25, 0.3) is 0 Å². The lowest BCUT2D eigenvalue weighted by molar-refractivity contribution is -0.0477. The number of aliphatic hydroxyl groups excluding tert-OH is 1. The third-order valence-corrected chi connectivity index (χ3v) is 2.75. The van der Waals surface area contributed by atoms with Crippen molar-refractivity contribution in [1.29, 1.82) is 0 Å². The number of aromatic carboxylic acids is 1. The minimum atomic E-state index is -3.15. The van der Waals surface area contributed by atoms with Gasteiger partial charge >= 0.3 is 5.97 Å². The largest absolute Gasteiger partial charge is 0.478 e. The third-order valence-electron chi connectivity index (χ3n) is 1.81. The monoisotopic (exact) mass is 251 g/mol. The number of alkyl halides is 2. The first-order chi connectivity index (χ1) is 7.44. The summed E-state index contributed by atoms with van der Waals surface area (Å²) in [6.45, 7) is -1.68. The maximum absolute atomic E-state index is 12.6. The zero-order valence-corrected chi connectivity index (χ0v) is 9.06. The number of rotatable bonds is 6. The summed E-state index contributed by atoms with van der Waals surface area (Å²) in [6, 6.07) is 1.43. The van der Waals surface area contributed by atoms with Crippen molar-refractivity contribution >= 4 is 17.3 Å². The molecule has 0 saturated carbocycles. The second-order valence-electron chi connectivity index (χ2n) is 3.22. The smallest absolute Gasteiger partial charge is 0.336 e. The minimum Gasteiger partial charge on any atom is -0.478 e. The van der Waals surface area contributed by atoms with Gasteiger partial charge in [-0.15, -0.1) is 11.3 Å². The molecule has 0 spiro atoms. The molecule has 0 radical (unpaired) electrons. The van der Waals surface area contributed by atoms with Gasteiger partial charge in [-0.1, -0.05) is 0 Å². The fraction of sp³-hybridized carbons (Fsp3) is 0.444. The average Bonchev–Trinajstić information content (AvgIpc) is 2.66. The summed E-state index contributed by atoms with van der Waals surface area (Å²) in [4.78, 5) is 11.2. The van der Waals surface area contributed by atoms with Crippen LogP contribution in [0.3, 0.4) is 0 Å². The number of nitrogens with one attached hydrogen (secondary N) is 1. The third kappa shape index (κ3) is 3.84. The van der Waals surface area contributed by atoms with E-state index in [1.165, 1.54) is 22.8 Å². The Balaban J connectivity index is 2.40. The van der Waals surface area contributed by atoms with Gasteiger partial charge in [0, 0.05) is 16.8 Å². The van der Waals surface area contributed by atoms with Crippen LogP contribution in [0.4, 0.5) is 8.78 Å². The molecule has 0 unspecified atom stereocenters. The van der Waals surface area contributed by atoms with Gasteiger partial charge < -0.3 is 15.5 Å². The zero-order chi connectivity index (χ0) is 12.2. The summed E-state index contributed by atoms with van der Waals surface area (Å²) in [7, 11) is 0. The van der Waals surface area contributed by atoms with E-state index >= 15 is 0 Å². The summed E-state index contributed by atoms with van der Waals surface area (Å²) >= 11 is 1.19. The molecule has 1 aromatic heterocycles. The molecule has 7 heteroatoms. The summed E-state index contributed by atoms with van der Waals surface area (Å²) in [5.74, 6) is -4.18. The van der Waals surface area contributed by atoms with E-state index in [1.807, 2.05) is 0 Å². The number of carbonyl (C=O) groups is 1. The van der Waals surface area contributed by atoms with E-state index in [2.05, 4.69) is 5.32 Å². The number of carboxylic acids is 1. The first-order valence-electron chi connectivity index (χ1n) is 4.45. The maximum Gasteiger partial charge on any atom is 0.336 e. The molecule has 0 saturated heterocycles. The molecule has 16 heavy (non-hydrogen) atoms. The predicted molar refractivity (Wildman–Crippen MR) is 55.0 cm³/mol. The van der Waals surface area contributed by atoms with Crippen molar-refractivity contribution < 1.29 is 23.8 Å². The SMILES string of the molecule is O=C(O)c1csc(CNCC(F)(F)CO)c1. The molecule has 90 valence electrons. The van der Waals surface area contributed by atoms with Gasteiger partial charge in [-0.2, -0.15) is 0 Å². The van der Waals surface area contributed by atoms with Gasteiger partial charge in [0.15, 0.2) is 0 Å². The van der Waals surface area contributed by atoms with Crippen LogP contribution in [0.1, 0.15) is 15.2 Å². The standard InChI is InChI=1S/C9H11F2NO3S/c10-9(11,5-13)4-12-2-7-1-6(3-16-7)8(14)15/h1,3,12-13H,2,4-5H2,(H,14,15). The molecule has 3 N–H and O–H groups in total. The molecule has 0 bridgehead atoms. The van der Waals surface area contributed by atoms with Crippen molar-refractivity contribution in [2.24, 2.45) is 0 Å². The van der Waals surface area contributed by atoms with Gasteiger partial charge in [-0.25, -0.2) is 13.6 Å². The van der Waals surface area contributed by atoms with Gasteiger partial charge in [0.2, 0.25) is 0 Å². The molecule has 0 amide bonds. The summed E-state index contributed by atoms with van der Waals surface area (Å²) < 4.78 is 25.2. The van der Waals surface area contributed by atoms with Gasteiger partial charge in [0.05, 0.1) is 12.1 Å². The molecule has 0 aromatic carbocycles. The number of carboxylic acid groups (broad SMARTS) is 1. The van der Waals surface area contributed by atoms with E-state index in [4.69, 9.17) is 10.2 Å². The highest BCUT2D eigenvalue weighted by Crippen LogP contribution is 2.15. The van der Waals surface area contributed by atoms with Crippen LogP contribution < -0.4 is 5.32 Å². The zero-order valence-electron chi connectivity index (χ0n) is 8.24. The Kier molecular flexibility index (Phi) is 4.34. The molecule has 4 nitrogen and oxygen atoms in total. The highest BCUT2D eigenvalue weighted by molar-refractivity contribution is 7.10. The van der Waals surface area contributed by atoms with Crippen molar-refractivity contribution in [3.63, 3.8) is 0 Å². The fourth-order valence-corrected chi connectivity index (χ4v) is 1.84. The van der Waals surface area contributed by atoms with Gasteiger partial charge in [0.25, 0.3) is 5.92 Å². The molecule has 0 fully saturated rings. The van der Waals surface area contributed by atoms with Crippen molar-refractivity contribution in [2.45, 2.75) is 12.5 Å². The van der Waals surface area contributed by atoms with Crippen LogP contribution in [0, 0.1) is 0 Å². The highest BCUT2D eigenvalue weighted by atomic mass is 32.1. The number of thiophene rings is 1. The molecule has 0 aliphatic carbocycles. The van der Waals surface area contributed by atoms with E-state index < -0.39 is 25.0 Å². The molecule has 0 atom stereocenters.